The summed E-state index contributed by atoms with van der Waals surface area (Å²) in [5.41, 5.74) is 2.41. The maximum absolute atomic E-state index is 11.1. The number of hydrogen-bond acceptors (Lipinski definition) is 4. The molecule has 0 aliphatic carbocycles. The fraction of sp³-hybridized carbons (Fsp3) is 0.167. The summed E-state index contributed by atoms with van der Waals surface area (Å²) in [6.45, 7) is 0.318. The van der Waals surface area contributed by atoms with Gasteiger partial charge in [0.05, 0.1) is 24.0 Å². The Balaban J connectivity index is 2.06. The number of para-hydroxylation sites is 1. The van der Waals surface area contributed by atoms with Crippen molar-refractivity contribution in [2.45, 2.75) is 6.54 Å². The number of benzene rings is 1. The lowest BCUT2D eigenvalue weighted by Gasteiger charge is -2.04. The minimum atomic E-state index is -0.993. The van der Waals surface area contributed by atoms with Crippen molar-refractivity contribution in [1.29, 1.82) is 0 Å². The molecule has 0 radical (unpaired) electrons. The van der Waals surface area contributed by atoms with Crippen molar-refractivity contribution in [1.82, 2.24) is 24.8 Å². The molecule has 3 rings (SSSR count). The van der Waals surface area contributed by atoms with Crippen LogP contribution in [-0.2, 0) is 13.6 Å². The number of fused-ring (bicyclic) bond motifs is 1. The Morgan fingerprint density at radius 1 is 1.37 bits per heavy atom. The Morgan fingerprint density at radius 2 is 2.16 bits per heavy atom. The Kier molecular flexibility index (Phi) is 2.52. The molecule has 0 fully saturated rings. The first kappa shape index (κ1) is 11.4. The Morgan fingerprint density at radius 3 is 2.95 bits per heavy atom. The van der Waals surface area contributed by atoms with Crippen LogP contribution in [0.2, 0.25) is 0 Å². The zero-order valence-corrected chi connectivity index (χ0v) is 10.2. The largest absolute Gasteiger partial charge is 0.478 e. The van der Waals surface area contributed by atoms with Crippen LogP contribution in [0.3, 0.4) is 0 Å². The van der Waals surface area contributed by atoms with Gasteiger partial charge in [-0.15, -0.1) is 5.10 Å². The first-order valence-corrected chi connectivity index (χ1v) is 5.69. The zero-order valence-electron chi connectivity index (χ0n) is 10.2. The minimum Gasteiger partial charge on any atom is -0.478 e. The molecule has 1 aromatic carbocycles. The van der Waals surface area contributed by atoms with E-state index in [0.717, 1.165) is 11.0 Å². The Labute approximate surface area is 108 Å². The maximum atomic E-state index is 11.1. The van der Waals surface area contributed by atoms with Crippen molar-refractivity contribution < 1.29 is 9.90 Å². The van der Waals surface area contributed by atoms with Crippen molar-refractivity contribution in [3.05, 3.63) is 41.7 Å². The van der Waals surface area contributed by atoms with E-state index in [0.29, 0.717) is 12.2 Å². The van der Waals surface area contributed by atoms with Crippen LogP contribution in [0.15, 0.2) is 30.5 Å². The second-order valence-corrected chi connectivity index (χ2v) is 4.17. The lowest BCUT2D eigenvalue weighted by molar-refractivity contribution is 0.0695. The fourth-order valence-electron chi connectivity index (χ4n) is 2.01. The van der Waals surface area contributed by atoms with E-state index in [-0.39, 0.29) is 5.56 Å². The predicted octanol–water partition coefficient (Wildman–Crippen LogP) is 0.911. The van der Waals surface area contributed by atoms with Crippen molar-refractivity contribution in [2.24, 2.45) is 7.05 Å². The monoisotopic (exact) mass is 257 g/mol. The number of aromatic nitrogens is 5. The Hall–Kier alpha value is -2.70. The van der Waals surface area contributed by atoms with Crippen molar-refractivity contribution in [3.63, 3.8) is 0 Å². The summed E-state index contributed by atoms with van der Waals surface area (Å²) >= 11 is 0. The molecule has 3 aromatic rings. The molecule has 0 saturated heterocycles. The molecule has 19 heavy (non-hydrogen) atoms. The summed E-state index contributed by atoms with van der Waals surface area (Å²) in [4.78, 5) is 11.1. The number of aromatic carboxylic acids is 1. The van der Waals surface area contributed by atoms with Gasteiger partial charge in [-0.3, -0.25) is 4.68 Å². The van der Waals surface area contributed by atoms with Crippen LogP contribution in [0, 0.1) is 0 Å². The molecule has 0 saturated carbocycles. The minimum absolute atomic E-state index is 0.182. The van der Waals surface area contributed by atoms with Gasteiger partial charge in [0.15, 0.2) is 0 Å². The number of aryl methyl sites for hydroxylation is 1. The van der Waals surface area contributed by atoms with Gasteiger partial charge in [0.2, 0.25) is 0 Å². The van der Waals surface area contributed by atoms with Gasteiger partial charge in [0.1, 0.15) is 11.1 Å². The van der Waals surface area contributed by atoms with Crippen LogP contribution in [0.4, 0.5) is 0 Å². The molecular weight excluding hydrogens is 246 g/mol. The van der Waals surface area contributed by atoms with Gasteiger partial charge in [-0.25, -0.2) is 9.48 Å². The van der Waals surface area contributed by atoms with E-state index in [1.807, 2.05) is 24.3 Å². The van der Waals surface area contributed by atoms with Gasteiger partial charge in [-0.2, -0.15) is 5.10 Å². The number of carbonyl (C=O) groups is 1. The van der Waals surface area contributed by atoms with Crippen LogP contribution >= 0.6 is 0 Å². The van der Waals surface area contributed by atoms with Gasteiger partial charge >= 0.3 is 5.97 Å². The molecule has 0 atom stereocenters. The molecule has 7 nitrogen and oxygen atoms in total. The third-order valence-corrected chi connectivity index (χ3v) is 3.01. The highest BCUT2D eigenvalue weighted by Gasteiger charge is 2.16. The van der Waals surface area contributed by atoms with Crippen molar-refractivity contribution >= 4 is 17.0 Å². The van der Waals surface area contributed by atoms with Crippen LogP contribution in [0.5, 0.6) is 0 Å². The van der Waals surface area contributed by atoms with E-state index in [4.69, 9.17) is 5.11 Å². The molecule has 2 aromatic heterocycles. The smallest absolute Gasteiger partial charge is 0.339 e. The number of carboxylic acids is 1. The van der Waals surface area contributed by atoms with Gasteiger partial charge in [-0.05, 0) is 12.1 Å². The normalized spacial score (nSPS) is 11.0. The van der Waals surface area contributed by atoms with Crippen molar-refractivity contribution in [2.75, 3.05) is 0 Å². The molecule has 7 heteroatoms. The van der Waals surface area contributed by atoms with E-state index in [1.165, 1.54) is 6.20 Å². The van der Waals surface area contributed by atoms with Crippen LogP contribution in [0.1, 0.15) is 16.1 Å². The molecule has 0 aliphatic rings. The molecule has 96 valence electrons. The zero-order chi connectivity index (χ0) is 13.4. The maximum Gasteiger partial charge on any atom is 0.339 e. The number of nitrogens with zero attached hydrogens (tertiary/aromatic N) is 5. The molecule has 2 heterocycles. The molecule has 0 bridgehead atoms. The highest BCUT2D eigenvalue weighted by atomic mass is 16.4. The van der Waals surface area contributed by atoms with Gasteiger partial charge in [0, 0.05) is 7.05 Å². The van der Waals surface area contributed by atoms with Gasteiger partial charge in [0.25, 0.3) is 0 Å². The predicted molar refractivity (Wildman–Crippen MR) is 66.8 cm³/mol. The van der Waals surface area contributed by atoms with E-state index in [1.54, 1.807) is 16.4 Å². The summed E-state index contributed by atoms with van der Waals surface area (Å²) in [5.74, 6) is -0.993. The quantitative estimate of drug-likeness (QED) is 0.753. The SMILES string of the molecule is Cn1ncc(C(=O)O)c1Cn1nnc2ccccc21. The summed E-state index contributed by atoms with van der Waals surface area (Å²) in [7, 11) is 1.71. The summed E-state index contributed by atoms with van der Waals surface area (Å²) in [5, 5.41) is 21.2. The third-order valence-electron chi connectivity index (χ3n) is 3.01. The summed E-state index contributed by atoms with van der Waals surface area (Å²) in [6, 6.07) is 7.53. The first-order chi connectivity index (χ1) is 9.16. The van der Waals surface area contributed by atoms with Gasteiger partial charge in [-0.1, -0.05) is 17.3 Å². The standard InChI is InChI=1S/C12H11N5O2/c1-16-11(8(6-13-16)12(18)19)7-17-10-5-3-2-4-9(10)14-15-17/h2-6H,7H2,1H3,(H,18,19). The van der Waals surface area contributed by atoms with E-state index >= 15 is 0 Å². The first-order valence-electron chi connectivity index (χ1n) is 5.69. The van der Waals surface area contributed by atoms with Crippen LogP contribution < -0.4 is 0 Å². The molecule has 0 unspecified atom stereocenters. The average Bonchev–Trinajstić information content (AvgIpc) is 2.96. The highest BCUT2D eigenvalue weighted by Crippen LogP contribution is 2.14. The van der Waals surface area contributed by atoms with Gasteiger partial charge < -0.3 is 5.11 Å². The lowest BCUT2D eigenvalue weighted by atomic mass is 10.2. The highest BCUT2D eigenvalue weighted by molar-refractivity contribution is 5.88. The van der Waals surface area contributed by atoms with Crippen LogP contribution in [0.25, 0.3) is 11.0 Å². The fourth-order valence-corrected chi connectivity index (χ4v) is 2.01. The van der Waals surface area contributed by atoms with Crippen LogP contribution in [-0.4, -0.2) is 35.9 Å². The second-order valence-electron chi connectivity index (χ2n) is 4.17. The summed E-state index contributed by atoms with van der Waals surface area (Å²) < 4.78 is 3.21. The second kappa shape index (κ2) is 4.20. The molecular formula is C12H11N5O2. The number of rotatable bonds is 3. The third kappa shape index (κ3) is 1.85. The van der Waals surface area contributed by atoms with E-state index in [9.17, 15) is 4.79 Å². The van der Waals surface area contributed by atoms with E-state index in [2.05, 4.69) is 15.4 Å². The molecule has 1 N–H and O–H groups in total. The van der Waals surface area contributed by atoms with Crippen molar-refractivity contribution in [3.8, 4) is 0 Å². The average molecular weight is 257 g/mol. The summed E-state index contributed by atoms with van der Waals surface area (Å²) in [6.07, 6.45) is 1.34. The molecule has 0 amide bonds. The Bertz CT molecular complexity index is 758. The lowest BCUT2D eigenvalue weighted by Crippen LogP contribution is -2.11. The molecule has 0 aliphatic heterocycles. The van der Waals surface area contributed by atoms with E-state index < -0.39 is 5.97 Å². The number of hydrogen-bond donors (Lipinski definition) is 1. The number of carboxylic acid groups (broad SMARTS) is 1. The molecule has 0 spiro atoms. The topological polar surface area (TPSA) is 85.8 Å².